The van der Waals surface area contributed by atoms with E-state index in [0.29, 0.717) is 0 Å². The quantitative estimate of drug-likeness (QED) is 0.165. The van der Waals surface area contributed by atoms with Crippen LogP contribution in [0.1, 0.15) is 0 Å². The maximum Gasteiger partial charge on any atom is 0.199 e. The first-order valence-corrected chi connectivity index (χ1v) is 20.0. The molecule has 0 aromatic heterocycles. The van der Waals surface area contributed by atoms with Crippen LogP contribution in [0.25, 0.3) is 0 Å². The van der Waals surface area contributed by atoms with E-state index < -0.39 is 8.53 Å². The Balaban J connectivity index is 1.25. The zero-order chi connectivity index (χ0) is 28.3. The lowest BCUT2D eigenvalue weighted by Gasteiger charge is -2.32. The van der Waals surface area contributed by atoms with E-state index in [1.54, 1.807) is 94.1 Å². The third-order valence-corrected chi connectivity index (χ3v) is 18.6. The van der Waals surface area contributed by atoms with Crippen LogP contribution in [0.3, 0.4) is 0 Å². The first-order valence-electron chi connectivity index (χ1n) is 13.4. The van der Waals surface area contributed by atoms with Crippen molar-refractivity contribution in [1.82, 2.24) is 0 Å². The van der Waals surface area contributed by atoms with Gasteiger partial charge in [0.1, 0.15) is 0 Å². The molecule has 10 heteroatoms. The third kappa shape index (κ3) is 3.88. The van der Waals surface area contributed by atoms with Gasteiger partial charge in [0.15, 0.2) is 14.3 Å². The molecular formula is C33H16O2S8. The fraction of sp³-hybridized carbons (Fsp3) is 0.0606. The molecule has 0 fully saturated rings. The Morgan fingerprint density at radius 2 is 0.698 bits per heavy atom. The van der Waals surface area contributed by atoms with E-state index in [4.69, 9.17) is 4.74 Å². The molecule has 10 rings (SSSR count). The third-order valence-electron chi connectivity index (χ3n) is 7.68. The van der Waals surface area contributed by atoms with E-state index in [9.17, 15) is 0 Å². The van der Waals surface area contributed by atoms with Crippen molar-refractivity contribution < 1.29 is 9.53 Å². The lowest BCUT2D eigenvalue weighted by atomic mass is 10.1. The van der Waals surface area contributed by atoms with Crippen molar-refractivity contribution in [3.63, 3.8) is 0 Å². The number of rotatable bonds is 0. The second-order valence-electron chi connectivity index (χ2n) is 10.2. The molecule has 1 aliphatic carbocycles. The fourth-order valence-electron chi connectivity index (χ4n) is 5.91. The summed E-state index contributed by atoms with van der Waals surface area (Å²) in [5.41, 5.74) is 3.75. The largest absolute Gasteiger partial charge is 0.318 e. The second-order valence-corrected chi connectivity index (χ2v) is 20.3. The molecule has 0 amide bonds. The molecule has 0 atom stereocenters. The van der Waals surface area contributed by atoms with Crippen LogP contribution >= 0.6 is 94.1 Å². The van der Waals surface area contributed by atoms with Gasteiger partial charge < -0.3 is 4.74 Å². The number of thioether (sulfide) groups is 8. The fourth-order valence-corrected chi connectivity index (χ4v) is 17.5. The summed E-state index contributed by atoms with van der Waals surface area (Å²) < 4.78 is 8.08. The van der Waals surface area contributed by atoms with Gasteiger partial charge in [0.05, 0.1) is 19.6 Å². The number of ether oxygens (including phenoxy) is 1. The van der Waals surface area contributed by atoms with Gasteiger partial charge in [-0.25, -0.2) is 0 Å². The molecule has 0 bridgehead atoms. The van der Waals surface area contributed by atoms with Gasteiger partial charge in [0, 0.05) is 50.3 Å². The molecule has 208 valence electrons. The summed E-state index contributed by atoms with van der Waals surface area (Å²) in [6, 6.07) is 34.0. The predicted molar refractivity (Wildman–Crippen MR) is 185 cm³/mol. The number of hydrogen-bond acceptors (Lipinski definition) is 10. The van der Waals surface area contributed by atoms with Crippen molar-refractivity contribution in [2.24, 2.45) is 0 Å². The summed E-state index contributed by atoms with van der Waals surface area (Å²) >= 11 is 13.9. The number of benzene rings is 4. The van der Waals surface area contributed by atoms with E-state index in [2.05, 4.69) is 97.1 Å². The van der Waals surface area contributed by atoms with Gasteiger partial charge in [0.25, 0.3) is 0 Å². The monoisotopic (exact) mass is 700 g/mol. The Bertz CT molecular complexity index is 1810. The molecule has 6 aliphatic rings. The molecular weight excluding hydrogens is 685 g/mol. The van der Waals surface area contributed by atoms with E-state index >= 15 is 4.79 Å². The van der Waals surface area contributed by atoms with Crippen molar-refractivity contribution in [3.8, 4) is 0 Å². The van der Waals surface area contributed by atoms with Crippen LogP contribution in [0.2, 0.25) is 0 Å². The normalized spacial score (nSPS) is 21.7. The summed E-state index contributed by atoms with van der Waals surface area (Å²) in [4.78, 5) is 24.7. The van der Waals surface area contributed by atoms with Crippen LogP contribution in [0, 0.1) is 0 Å². The highest BCUT2D eigenvalue weighted by atomic mass is 32.2. The Morgan fingerprint density at radius 3 is 1.00 bits per heavy atom. The van der Waals surface area contributed by atoms with Gasteiger partial charge in [-0.15, -0.1) is 0 Å². The molecule has 4 aromatic rings. The van der Waals surface area contributed by atoms with Gasteiger partial charge in [-0.1, -0.05) is 143 Å². The standard InChI is InChI=1S/C33H16O2S8/c34-29-25(30-36-17-9-1-2-10-18(17)37-30)27-28(26(29)31-38-19-11-3-4-12-20(19)39-31)33(42-23-15-7-8-16-24(23)43-33)35-32(27)40-21-13-5-6-14-22(21)41-32/h1-16H. The number of carbonyl (C=O) groups excluding carboxylic acids is 1. The van der Waals surface area contributed by atoms with Crippen LogP contribution in [-0.2, 0) is 9.53 Å². The summed E-state index contributed by atoms with van der Waals surface area (Å²) in [6.45, 7) is 0. The average molecular weight is 701 g/mol. The number of hydrogen-bond donors (Lipinski definition) is 0. The molecule has 2 nitrogen and oxygen atoms in total. The van der Waals surface area contributed by atoms with E-state index in [1.165, 1.54) is 39.2 Å². The Kier molecular flexibility index (Phi) is 6.07. The van der Waals surface area contributed by atoms with E-state index in [1.807, 2.05) is 0 Å². The SMILES string of the molecule is O=C1C(=C2Sc3ccccc3S2)C2=C(C1=C1Sc3ccccc3S1)C1(OC23Sc2ccccc2S3)Sc2ccccc2S1. The van der Waals surface area contributed by atoms with Crippen LogP contribution in [0.4, 0.5) is 0 Å². The van der Waals surface area contributed by atoms with Gasteiger partial charge in [-0.05, 0) is 48.5 Å². The summed E-state index contributed by atoms with van der Waals surface area (Å²) in [7, 11) is 0. The number of ketones is 1. The smallest absolute Gasteiger partial charge is 0.199 e. The van der Waals surface area contributed by atoms with Crippen molar-refractivity contribution in [1.29, 1.82) is 0 Å². The highest BCUT2D eigenvalue weighted by molar-refractivity contribution is 8.25. The van der Waals surface area contributed by atoms with Crippen molar-refractivity contribution in [2.75, 3.05) is 0 Å². The molecule has 4 aromatic carbocycles. The summed E-state index contributed by atoms with van der Waals surface area (Å²) in [5.74, 6) is 0.131. The molecule has 0 unspecified atom stereocenters. The maximum atomic E-state index is 15.1. The Morgan fingerprint density at radius 1 is 0.419 bits per heavy atom. The number of carbonyl (C=O) groups is 1. The Hall–Kier alpha value is -1.47. The minimum atomic E-state index is -0.766. The summed E-state index contributed by atoms with van der Waals surface area (Å²) in [5, 5.41) is 0. The minimum Gasteiger partial charge on any atom is -0.318 e. The van der Waals surface area contributed by atoms with Crippen molar-refractivity contribution >= 4 is 99.9 Å². The first-order chi connectivity index (χ1) is 21.1. The molecule has 43 heavy (non-hydrogen) atoms. The lowest BCUT2D eigenvalue weighted by Crippen LogP contribution is -2.31. The molecule has 0 N–H and O–H groups in total. The minimum absolute atomic E-state index is 0.131. The topological polar surface area (TPSA) is 26.3 Å². The number of Topliss-reactive ketones (excluding diaryl/α,β-unsaturated/α-hetero) is 1. The molecule has 0 saturated heterocycles. The Labute approximate surface area is 282 Å². The number of fused-ring (bicyclic) bond motifs is 6. The molecule has 0 saturated carbocycles. The van der Waals surface area contributed by atoms with Crippen LogP contribution in [0.15, 0.2) is 167 Å². The van der Waals surface area contributed by atoms with Crippen molar-refractivity contribution in [3.05, 3.63) is 128 Å². The molecule has 5 heterocycles. The molecule has 2 spiro atoms. The highest BCUT2D eigenvalue weighted by Gasteiger charge is 2.67. The first kappa shape index (κ1) is 26.7. The van der Waals surface area contributed by atoms with E-state index in [-0.39, 0.29) is 5.78 Å². The van der Waals surface area contributed by atoms with E-state index in [0.717, 1.165) is 30.8 Å². The van der Waals surface area contributed by atoms with Gasteiger partial charge in [0.2, 0.25) is 0 Å². The van der Waals surface area contributed by atoms with Gasteiger partial charge in [-0.2, -0.15) is 0 Å². The van der Waals surface area contributed by atoms with Crippen LogP contribution in [0.5, 0.6) is 0 Å². The predicted octanol–water partition coefficient (Wildman–Crippen LogP) is 11.2. The zero-order valence-corrected chi connectivity index (χ0v) is 28.4. The lowest BCUT2D eigenvalue weighted by molar-refractivity contribution is -0.111. The molecule has 5 aliphatic heterocycles. The summed E-state index contributed by atoms with van der Waals surface area (Å²) in [6.07, 6.45) is 0. The highest BCUT2D eigenvalue weighted by Crippen LogP contribution is 2.77. The average Bonchev–Trinajstić information content (AvgIpc) is 3.84. The maximum absolute atomic E-state index is 15.1. The van der Waals surface area contributed by atoms with Gasteiger partial charge >= 0.3 is 0 Å². The second kappa shape index (κ2) is 9.77. The van der Waals surface area contributed by atoms with Gasteiger partial charge in [-0.3, -0.25) is 4.79 Å². The van der Waals surface area contributed by atoms with Crippen LogP contribution in [-0.4, -0.2) is 14.3 Å². The zero-order valence-electron chi connectivity index (χ0n) is 21.8. The van der Waals surface area contributed by atoms with Crippen LogP contribution < -0.4 is 0 Å². The molecule has 0 radical (unpaired) electrons. The van der Waals surface area contributed by atoms with Crippen molar-refractivity contribution in [2.45, 2.75) is 47.7 Å².